The molecule has 3 nitrogen and oxygen atoms in total. The number of rotatable bonds is 2. The summed E-state index contributed by atoms with van der Waals surface area (Å²) in [5.74, 6) is 0. The molecule has 1 aliphatic rings. The third-order valence-corrected chi connectivity index (χ3v) is 4.78. The zero-order valence-corrected chi connectivity index (χ0v) is 14.4. The SMILES string of the molecule is CN1OC(c2cccnc2)(C(F)(F)F)CC1c1ccc(I)cc1. The van der Waals surface area contributed by atoms with E-state index < -0.39 is 17.8 Å². The summed E-state index contributed by atoms with van der Waals surface area (Å²) in [5.41, 5.74) is -1.56. The molecule has 23 heavy (non-hydrogen) atoms. The van der Waals surface area contributed by atoms with Crippen molar-refractivity contribution in [1.29, 1.82) is 0 Å². The Morgan fingerprint density at radius 2 is 1.96 bits per heavy atom. The molecule has 0 amide bonds. The van der Waals surface area contributed by atoms with Crippen LogP contribution in [0.4, 0.5) is 13.2 Å². The molecule has 1 aromatic carbocycles. The minimum atomic E-state index is -4.54. The molecule has 1 aromatic heterocycles. The minimum absolute atomic E-state index is 0.0207. The monoisotopic (exact) mass is 434 g/mol. The van der Waals surface area contributed by atoms with Crippen LogP contribution < -0.4 is 0 Å². The zero-order chi connectivity index (χ0) is 16.7. The molecule has 1 saturated heterocycles. The number of halogens is 4. The fraction of sp³-hybridized carbons (Fsp3) is 0.312. The molecular formula is C16H14F3IN2O. The van der Waals surface area contributed by atoms with Crippen LogP contribution in [0.25, 0.3) is 0 Å². The van der Waals surface area contributed by atoms with E-state index in [1.165, 1.54) is 36.6 Å². The van der Waals surface area contributed by atoms with Crippen LogP contribution in [0, 0.1) is 3.57 Å². The van der Waals surface area contributed by atoms with Gasteiger partial charge in [0.1, 0.15) is 0 Å². The van der Waals surface area contributed by atoms with Crippen LogP contribution >= 0.6 is 22.6 Å². The molecule has 1 fully saturated rings. The summed E-state index contributed by atoms with van der Waals surface area (Å²) in [5, 5.41) is 1.29. The molecule has 122 valence electrons. The molecule has 3 rings (SSSR count). The first kappa shape index (κ1) is 16.7. The smallest absolute Gasteiger partial charge is 0.277 e. The standard InChI is InChI=1S/C16H14F3IN2O/c1-22-14(11-4-6-13(20)7-5-11)9-15(23-22,16(17,18)19)12-3-2-8-21-10-12/h2-8,10,14H,9H2,1H3. The van der Waals surface area contributed by atoms with Gasteiger partial charge < -0.3 is 0 Å². The fourth-order valence-corrected chi connectivity index (χ4v) is 3.22. The Balaban J connectivity index is 2.02. The van der Waals surface area contributed by atoms with Crippen molar-refractivity contribution >= 4 is 22.6 Å². The second-order valence-electron chi connectivity index (χ2n) is 5.48. The van der Waals surface area contributed by atoms with E-state index in [0.29, 0.717) is 0 Å². The lowest BCUT2D eigenvalue weighted by molar-refractivity contribution is -0.322. The lowest BCUT2D eigenvalue weighted by Gasteiger charge is -2.30. The van der Waals surface area contributed by atoms with E-state index in [1.807, 2.05) is 24.3 Å². The van der Waals surface area contributed by atoms with Crippen LogP contribution in [0.5, 0.6) is 0 Å². The van der Waals surface area contributed by atoms with Gasteiger partial charge in [-0.05, 0) is 46.4 Å². The van der Waals surface area contributed by atoms with Crippen molar-refractivity contribution in [2.24, 2.45) is 0 Å². The summed E-state index contributed by atoms with van der Waals surface area (Å²) in [6.07, 6.45) is -2.08. The number of hydroxylamine groups is 2. The Morgan fingerprint density at radius 3 is 2.52 bits per heavy atom. The largest absolute Gasteiger partial charge is 0.423 e. The second kappa shape index (κ2) is 6.03. The molecule has 0 aliphatic carbocycles. The second-order valence-corrected chi connectivity index (χ2v) is 6.72. The van der Waals surface area contributed by atoms with Gasteiger partial charge in [-0.1, -0.05) is 18.2 Å². The molecule has 2 atom stereocenters. The van der Waals surface area contributed by atoms with Crippen molar-refractivity contribution in [1.82, 2.24) is 10.0 Å². The highest BCUT2D eigenvalue weighted by Crippen LogP contribution is 2.53. The zero-order valence-electron chi connectivity index (χ0n) is 12.2. The van der Waals surface area contributed by atoms with Crippen LogP contribution in [0.3, 0.4) is 0 Å². The van der Waals surface area contributed by atoms with Crippen molar-refractivity contribution in [3.05, 3.63) is 63.5 Å². The van der Waals surface area contributed by atoms with Gasteiger partial charge in [0.15, 0.2) is 0 Å². The minimum Gasteiger partial charge on any atom is -0.277 e. The molecule has 1 aliphatic heterocycles. The maximum atomic E-state index is 13.8. The van der Waals surface area contributed by atoms with E-state index in [-0.39, 0.29) is 12.0 Å². The maximum Gasteiger partial charge on any atom is 0.423 e. The Hall–Kier alpha value is -1.19. The van der Waals surface area contributed by atoms with E-state index >= 15 is 0 Å². The molecule has 2 unspecified atom stereocenters. The normalized spacial score (nSPS) is 25.7. The number of alkyl halides is 3. The van der Waals surface area contributed by atoms with Crippen molar-refractivity contribution < 1.29 is 18.0 Å². The summed E-state index contributed by atoms with van der Waals surface area (Å²) < 4.78 is 42.6. The lowest BCUT2D eigenvalue weighted by Crippen LogP contribution is -2.42. The van der Waals surface area contributed by atoms with Crippen LogP contribution in [0.2, 0.25) is 0 Å². The average molecular weight is 434 g/mol. The van der Waals surface area contributed by atoms with Gasteiger partial charge in [-0.15, -0.1) is 0 Å². The third kappa shape index (κ3) is 2.97. The average Bonchev–Trinajstić information content (AvgIpc) is 2.88. The summed E-state index contributed by atoms with van der Waals surface area (Å²) in [6, 6.07) is 9.84. The highest BCUT2D eigenvalue weighted by Gasteiger charge is 2.63. The van der Waals surface area contributed by atoms with Crippen molar-refractivity contribution in [2.75, 3.05) is 7.05 Å². The number of aromatic nitrogens is 1. The number of benzene rings is 1. The van der Waals surface area contributed by atoms with Crippen molar-refractivity contribution in [2.45, 2.75) is 24.2 Å². The van der Waals surface area contributed by atoms with Crippen LogP contribution in [-0.4, -0.2) is 23.3 Å². The molecule has 0 bridgehead atoms. The number of nitrogens with zero attached hydrogens (tertiary/aromatic N) is 2. The van der Waals surface area contributed by atoms with Crippen molar-refractivity contribution in [3.8, 4) is 0 Å². The van der Waals surface area contributed by atoms with E-state index in [1.54, 1.807) is 0 Å². The summed E-state index contributed by atoms with van der Waals surface area (Å²) in [7, 11) is 1.53. The molecule has 0 radical (unpaired) electrons. The van der Waals surface area contributed by atoms with Gasteiger partial charge in [-0.2, -0.15) is 18.2 Å². The molecule has 0 N–H and O–H groups in total. The van der Waals surface area contributed by atoms with E-state index in [2.05, 4.69) is 27.6 Å². The molecule has 0 saturated carbocycles. The van der Waals surface area contributed by atoms with E-state index in [9.17, 15) is 13.2 Å². The topological polar surface area (TPSA) is 25.4 Å². The van der Waals surface area contributed by atoms with Crippen LogP contribution in [0.15, 0.2) is 48.8 Å². The molecule has 2 heterocycles. The van der Waals surface area contributed by atoms with Crippen LogP contribution in [0.1, 0.15) is 23.6 Å². The van der Waals surface area contributed by atoms with Gasteiger partial charge in [0.05, 0.1) is 6.04 Å². The Labute approximate surface area is 145 Å². The van der Waals surface area contributed by atoms with E-state index in [0.717, 1.165) is 9.13 Å². The summed E-state index contributed by atoms with van der Waals surface area (Å²) in [6.45, 7) is 0. The quantitative estimate of drug-likeness (QED) is 0.654. The Morgan fingerprint density at radius 1 is 1.26 bits per heavy atom. The van der Waals surface area contributed by atoms with Crippen LogP contribution in [-0.2, 0) is 10.4 Å². The van der Waals surface area contributed by atoms with Gasteiger partial charge in [0.2, 0.25) is 5.60 Å². The lowest BCUT2D eigenvalue weighted by atomic mass is 9.86. The molecule has 2 aromatic rings. The molecule has 0 spiro atoms. The maximum absolute atomic E-state index is 13.8. The Bertz CT molecular complexity index is 678. The molecular weight excluding hydrogens is 420 g/mol. The van der Waals surface area contributed by atoms with Gasteiger partial charge in [0.25, 0.3) is 0 Å². The first-order chi connectivity index (χ1) is 10.8. The highest BCUT2D eigenvalue weighted by molar-refractivity contribution is 14.1. The summed E-state index contributed by atoms with van der Waals surface area (Å²) in [4.78, 5) is 9.19. The summed E-state index contributed by atoms with van der Waals surface area (Å²) >= 11 is 2.16. The number of hydrogen-bond donors (Lipinski definition) is 0. The highest BCUT2D eigenvalue weighted by atomic mass is 127. The Kier molecular flexibility index (Phi) is 4.37. The van der Waals surface area contributed by atoms with Gasteiger partial charge in [0, 0.05) is 35.0 Å². The first-order valence-corrected chi connectivity index (χ1v) is 8.06. The third-order valence-electron chi connectivity index (χ3n) is 4.06. The van der Waals surface area contributed by atoms with Gasteiger partial charge in [-0.3, -0.25) is 9.82 Å². The fourth-order valence-electron chi connectivity index (χ4n) is 2.86. The van der Waals surface area contributed by atoms with Gasteiger partial charge in [-0.25, -0.2) is 0 Å². The van der Waals surface area contributed by atoms with Crippen molar-refractivity contribution in [3.63, 3.8) is 0 Å². The van der Waals surface area contributed by atoms with E-state index in [4.69, 9.17) is 4.84 Å². The first-order valence-electron chi connectivity index (χ1n) is 6.98. The number of hydrogen-bond acceptors (Lipinski definition) is 3. The van der Waals surface area contributed by atoms with Gasteiger partial charge >= 0.3 is 6.18 Å². The predicted molar refractivity (Wildman–Crippen MR) is 87.3 cm³/mol. The predicted octanol–water partition coefficient (Wildman–Crippen LogP) is 4.45. The molecule has 7 heteroatoms. The number of pyridine rings is 1.